The number of nitrogens with one attached hydrogen (secondary N) is 1. The highest BCUT2D eigenvalue weighted by Gasteiger charge is 2.19. The predicted octanol–water partition coefficient (Wildman–Crippen LogP) is 6.16. The third kappa shape index (κ3) is 4.68. The molecule has 0 aliphatic carbocycles. The van der Waals surface area contributed by atoms with Gasteiger partial charge in [-0.1, -0.05) is 72.8 Å². The Hall–Kier alpha value is -4.51. The molecule has 0 saturated carbocycles. The monoisotopic (exact) mass is 473 g/mol. The van der Waals surface area contributed by atoms with Crippen LogP contribution in [0, 0.1) is 13.8 Å². The number of aryl methyl sites for hydroxylation is 2. The predicted molar refractivity (Wildman–Crippen MR) is 145 cm³/mol. The van der Waals surface area contributed by atoms with Gasteiger partial charge in [-0.3, -0.25) is 14.2 Å². The second-order valence-corrected chi connectivity index (χ2v) is 8.94. The highest BCUT2D eigenvalue weighted by molar-refractivity contribution is 5.92. The minimum atomic E-state index is -0.108. The second kappa shape index (κ2) is 10.0. The summed E-state index contributed by atoms with van der Waals surface area (Å²) in [5.41, 5.74) is 5.09. The Bertz CT molecular complexity index is 1550. The second-order valence-electron chi connectivity index (χ2n) is 8.94. The van der Waals surface area contributed by atoms with Crippen molar-refractivity contribution < 1.29 is 4.79 Å². The molecule has 0 bridgehead atoms. The fourth-order valence-electron chi connectivity index (χ4n) is 4.66. The molecule has 0 fully saturated rings. The maximum absolute atomic E-state index is 13.2. The van der Waals surface area contributed by atoms with E-state index >= 15 is 0 Å². The van der Waals surface area contributed by atoms with Crippen molar-refractivity contribution in [2.45, 2.75) is 26.2 Å². The fourth-order valence-corrected chi connectivity index (χ4v) is 4.66. The van der Waals surface area contributed by atoms with Gasteiger partial charge in [-0.05, 0) is 60.9 Å². The molecule has 1 amide bonds. The summed E-state index contributed by atoms with van der Waals surface area (Å²) < 4.78 is 1.61. The largest absolute Gasteiger partial charge is 0.326 e. The quantitative estimate of drug-likeness (QED) is 0.321. The summed E-state index contributed by atoms with van der Waals surface area (Å²) in [7, 11) is 0. The van der Waals surface area contributed by atoms with E-state index in [1.807, 2.05) is 86.6 Å². The molecule has 5 heteroatoms. The van der Waals surface area contributed by atoms with E-state index in [1.165, 1.54) is 0 Å². The van der Waals surface area contributed by atoms with Crippen LogP contribution in [0.2, 0.25) is 0 Å². The van der Waals surface area contributed by atoms with Gasteiger partial charge in [0.25, 0.3) is 5.56 Å². The van der Waals surface area contributed by atoms with Crippen LogP contribution in [0.15, 0.2) is 108 Å². The van der Waals surface area contributed by atoms with Gasteiger partial charge in [0.05, 0.1) is 16.6 Å². The number of benzene rings is 4. The van der Waals surface area contributed by atoms with Gasteiger partial charge < -0.3 is 5.32 Å². The molecule has 0 aliphatic rings. The number of para-hydroxylation sites is 1. The molecule has 0 atom stereocenters. The van der Waals surface area contributed by atoms with Crippen molar-refractivity contribution in [1.29, 1.82) is 0 Å². The zero-order valence-electron chi connectivity index (χ0n) is 20.3. The maximum Gasteiger partial charge on any atom is 0.265 e. The Labute approximate surface area is 210 Å². The van der Waals surface area contributed by atoms with Crippen LogP contribution in [0.25, 0.3) is 16.6 Å². The van der Waals surface area contributed by atoms with Crippen LogP contribution in [0.4, 0.5) is 5.69 Å². The first-order valence-corrected chi connectivity index (χ1v) is 12.0. The molecular formula is C31H27N3O2. The SMILES string of the molecule is Cc1cc(-n2c(C)nc3ccccc3c2=O)ccc1NC(=O)CC(c1ccccc1)c1ccccc1. The molecular weight excluding hydrogens is 446 g/mol. The van der Waals surface area contributed by atoms with Crippen LogP contribution >= 0.6 is 0 Å². The Balaban J connectivity index is 1.41. The number of rotatable bonds is 6. The average Bonchev–Trinajstić information content (AvgIpc) is 2.90. The summed E-state index contributed by atoms with van der Waals surface area (Å²) in [6.07, 6.45) is 0.322. The molecule has 36 heavy (non-hydrogen) atoms. The Kier molecular flexibility index (Phi) is 6.46. The summed E-state index contributed by atoms with van der Waals surface area (Å²) in [6.45, 7) is 3.76. The first-order chi connectivity index (χ1) is 17.5. The van der Waals surface area contributed by atoms with Crippen molar-refractivity contribution >= 4 is 22.5 Å². The number of hydrogen-bond acceptors (Lipinski definition) is 3. The molecule has 0 spiro atoms. The molecule has 0 unspecified atom stereocenters. The number of carbonyl (C=O) groups excluding carboxylic acids is 1. The summed E-state index contributed by atoms with van der Waals surface area (Å²) in [5.74, 6) is 0.504. The van der Waals surface area contributed by atoms with Gasteiger partial charge in [-0.15, -0.1) is 0 Å². The van der Waals surface area contributed by atoms with Gasteiger partial charge in [-0.2, -0.15) is 0 Å². The first-order valence-electron chi connectivity index (χ1n) is 12.0. The van der Waals surface area contributed by atoms with Crippen molar-refractivity contribution in [2.24, 2.45) is 0 Å². The van der Waals surface area contributed by atoms with E-state index in [9.17, 15) is 9.59 Å². The number of carbonyl (C=O) groups is 1. The van der Waals surface area contributed by atoms with Crippen molar-refractivity contribution in [1.82, 2.24) is 9.55 Å². The van der Waals surface area contributed by atoms with Gasteiger partial charge in [0.2, 0.25) is 5.91 Å². The molecule has 178 valence electrons. The van der Waals surface area contributed by atoms with Crippen molar-refractivity contribution in [3.63, 3.8) is 0 Å². The Morgan fingerprint density at radius 1 is 0.833 bits per heavy atom. The first kappa shape index (κ1) is 23.2. The summed E-state index contributed by atoms with van der Waals surface area (Å²) in [4.78, 5) is 30.9. The smallest absolute Gasteiger partial charge is 0.265 e. The molecule has 1 N–H and O–H groups in total. The van der Waals surface area contributed by atoms with Crippen LogP contribution in [0.1, 0.15) is 34.9 Å². The van der Waals surface area contributed by atoms with Crippen LogP contribution in [-0.4, -0.2) is 15.5 Å². The van der Waals surface area contributed by atoms with Crippen LogP contribution in [0.5, 0.6) is 0 Å². The molecule has 0 radical (unpaired) electrons. The van der Waals surface area contributed by atoms with Crippen molar-refractivity contribution in [3.8, 4) is 5.69 Å². The minimum Gasteiger partial charge on any atom is -0.326 e. The van der Waals surface area contributed by atoms with Crippen molar-refractivity contribution in [2.75, 3.05) is 5.32 Å². The van der Waals surface area contributed by atoms with E-state index < -0.39 is 0 Å². The lowest BCUT2D eigenvalue weighted by atomic mass is 9.88. The molecule has 1 aromatic heterocycles. The molecule has 0 saturated heterocycles. The molecule has 5 rings (SSSR count). The summed E-state index contributed by atoms with van der Waals surface area (Å²) >= 11 is 0. The number of aromatic nitrogens is 2. The van der Waals surface area contributed by atoms with Crippen molar-refractivity contribution in [3.05, 3.63) is 136 Å². The molecule has 5 nitrogen and oxygen atoms in total. The van der Waals surface area contributed by atoms with Gasteiger partial charge in [0.15, 0.2) is 0 Å². The van der Waals surface area contributed by atoms with E-state index in [-0.39, 0.29) is 17.4 Å². The minimum absolute atomic E-state index is 0.0446. The Morgan fingerprint density at radius 2 is 1.44 bits per heavy atom. The zero-order chi connectivity index (χ0) is 25.1. The van der Waals surface area contributed by atoms with Gasteiger partial charge in [0, 0.05) is 18.0 Å². The lowest BCUT2D eigenvalue weighted by Gasteiger charge is -2.19. The van der Waals surface area contributed by atoms with E-state index in [4.69, 9.17) is 0 Å². The Morgan fingerprint density at radius 3 is 2.08 bits per heavy atom. The number of nitrogens with zero attached hydrogens (tertiary/aromatic N) is 2. The lowest BCUT2D eigenvalue weighted by Crippen LogP contribution is -2.22. The number of fused-ring (bicyclic) bond motifs is 1. The van der Waals surface area contributed by atoms with E-state index in [0.29, 0.717) is 23.1 Å². The zero-order valence-corrected chi connectivity index (χ0v) is 20.3. The standard InChI is InChI=1S/C31H27N3O2/c1-21-19-25(34-22(2)32-29-16-10-9-15-26(29)31(34)36)17-18-28(21)33-30(35)20-27(23-11-5-3-6-12-23)24-13-7-4-8-14-24/h3-19,27H,20H2,1-2H3,(H,33,35). The van der Waals surface area contributed by atoms with E-state index in [2.05, 4.69) is 34.6 Å². The highest BCUT2D eigenvalue weighted by Crippen LogP contribution is 2.29. The molecule has 1 heterocycles. The topological polar surface area (TPSA) is 64.0 Å². The van der Waals surface area contributed by atoms with Gasteiger partial charge in [-0.25, -0.2) is 4.98 Å². The average molecular weight is 474 g/mol. The van der Waals surface area contributed by atoms with E-state index in [1.54, 1.807) is 10.6 Å². The molecule has 5 aromatic rings. The summed E-state index contributed by atoms with van der Waals surface area (Å²) in [5, 5.41) is 3.65. The van der Waals surface area contributed by atoms with E-state index in [0.717, 1.165) is 28.1 Å². The molecule has 0 aliphatic heterocycles. The van der Waals surface area contributed by atoms with Crippen LogP contribution in [0.3, 0.4) is 0 Å². The molecule has 4 aromatic carbocycles. The highest BCUT2D eigenvalue weighted by atomic mass is 16.1. The number of hydrogen-bond donors (Lipinski definition) is 1. The lowest BCUT2D eigenvalue weighted by molar-refractivity contribution is -0.116. The fraction of sp³-hybridized carbons (Fsp3) is 0.129. The van der Waals surface area contributed by atoms with Gasteiger partial charge in [0.1, 0.15) is 5.82 Å². The van der Waals surface area contributed by atoms with Crippen LogP contribution in [-0.2, 0) is 4.79 Å². The third-order valence-electron chi connectivity index (χ3n) is 6.48. The normalized spacial score (nSPS) is 11.1. The third-order valence-corrected chi connectivity index (χ3v) is 6.48. The van der Waals surface area contributed by atoms with Crippen LogP contribution < -0.4 is 10.9 Å². The maximum atomic E-state index is 13.2. The number of anilines is 1. The van der Waals surface area contributed by atoms with Gasteiger partial charge >= 0.3 is 0 Å². The number of amides is 1. The summed E-state index contributed by atoms with van der Waals surface area (Å²) in [6, 6.07) is 33.1.